The van der Waals surface area contributed by atoms with Crippen LogP contribution in [0.15, 0.2) is 24.3 Å². The fourth-order valence-corrected chi connectivity index (χ4v) is 2.59. The molecule has 1 aliphatic rings. The minimum Gasteiger partial charge on any atom is -0.377 e. The maximum atomic E-state index is 11.0. The van der Waals surface area contributed by atoms with Crippen LogP contribution in [0.2, 0.25) is 0 Å². The fraction of sp³-hybridized carbons (Fsp3) is 0.571. The second-order valence-electron chi connectivity index (χ2n) is 4.84. The van der Waals surface area contributed by atoms with Gasteiger partial charge in [0.25, 0.3) is 5.69 Å². The van der Waals surface area contributed by atoms with Crippen LogP contribution in [-0.4, -0.2) is 35.6 Å². The minimum absolute atomic E-state index is 0.209. The summed E-state index contributed by atoms with van der Waals surface area (Å²) in [7, 11) is 0. The van der Waals surface area contributed by atoms with Gasteiger partial charge < -0.3 is 4.74 Å². The van der Waals surface area contributed by atoms with Crippen LogP contribution in [0.3, 0.4) is 0 Å². The molecule has 104 valence electrons. The Hall–Kier alpha value is -1.46. The number of hydrogen-bond donors (Lipinski definition) is 0. The highest BCUT2D eigenvalue weighted by atomic mass is 16.6. The molecule has 5 nitrogen and oxygen atoms in total. The summed E-state index contributed by atoms with van der Waals surface area (Å²) in [6, 6.07) is 6.97. The Morgan fingerprint density at radius 2 is 2.26 bits per heavy atom. The molecule has 5 heteroatoms. The van der Waals surface area contributed by atoms with E-state index in [0.29, 0.717) is 6.54 Å². The lowest BCUT2D eigenvalue weighted by molar-refractivity contribution is -0.385. The molecule has 0 aromatic heterocycles. The van der Waals surface area contributed by atoms with Crippen LogP contribution in [0, 0.1) is 10.1 Å². The van der Waals surface area contributed by atoms with Crippen molar-refractivity contribution in [1.82, 2.24) is 4.90 Å². The van der Waals surface area contributed by atoms with Crippen molar-refractivity contribution in [3.63, 3.8) is 0 Å². The first-order valence-corrected chi connectivity index (χ1v) is 6.77. The number of nitrogens with zero attached hydrogens (tertiary/aromatic N) is 2. The number of rotatable bonds is 5. The SMILES string of the molecule is CCO[C@H]1CCCN(Cc2ccccc2[N+](=O)[O-])C1. The monoisotopic (exact) mass is 264 g/mol. The summed E-state index contributed by atoms with van der Waals surface area (Å²) in [5.74, 6) is 0. The van der Waals surface area contributed by atoms with E-state index in [4.69, 9.17) is 4.74 Å². The zero-order valence-electron chi connectivity index (χ0n) is 11.2. The van der Waals surface area contributed by atoms with Gasteiger partial charge in [-0.15, -0.1) is 0 Å². The first-order chi connectivity index (χ1) is 9.20. The topological polar surface area (TPSA) is 55.6 Å². The summed E-state index contributed by atoms with van der Waals surface area (Å²) in [5, 5.41) is 11.0. The molecule has 1 aliphatic heterocycles. The van der Waals surface area contributed by atoms with Gasteiger partial charge in [-0.1, -0.05) is 18.2 Å². The van der Waals surface area contributed by atoms with Crippen LogP contribution in [0.1, 0.15) is 25.3 Å². The molecular formula is C14H20N2O3. The number of nitro groups is 1. The van der Waals surface area contributed by atoms with E-state index < -0.39 is 0 Å². The Morgan fingerprint density at radius 1 is 1.47 bits per heavy atom. The van der Waals surface area contributed by atoms with E-state index in [1.807, 2.05) is 19.1 Å². The highest BCUT2D eigenvalue weighted by molar-refractivity contribution is 5.39. The molecule has 0 spiro atoms. The van der Waals surface area contributed by atoms with E-state index in [2.05, 4.69) is 4.90 Å². The zero-order chi connectivity index (χ0) is 13.7. The van der Waals surface area contributed by atoms with Gasteiger partial charge in [0.05, 0.1) is 11.0 Å². The van der Waals surface area contributed by atoms with Gasteiger partial charge in [0.2, 0.25) is 0 Å². The van der Waals surface area contributed by atoms with Crippen molar-refractivity contribution in [1.29, 1.82) is 0 Å². The average molecular weight is 264 g/mol. The van der Waals surface area contributed by atoms with E-state index in [0.717, 1.165) is 38.1 Å². The van der Waals surface area contributed by atoms with E-state index in [1.54, 1.807) is 12.1 Å². The Labute approximate surface area is 113 Å². The van der Waals surface area contributed by atoms with Crippen molar-refractivity contribution < 1.29 is 9.66 Å². The lowest BCUT2D eigenvalue weighted by atomic mass is 10.1. The second kappa shape index (κ2) is 6.63. The maximum absolute atomic E-state index is 11.0. The molecule has 0 saturated carbocycles. The molecule has 1 aromatic carbocycles. The van der Waals surface area contributed by atoms with Crippen molar-refractivity contribution in [3.05, 3.63) is 39.9 Å². The van der Waals surface area contributed by atoms with Crippen LogP contribution >= 0.6 is 0 Å². The van der Waals surface area contributed by atoms with E-state index >= 15 is 0 Å². The second-order valence-corrected chi connectivity index (χ2v) is 4.84. The predicted octanol–water partition coefficient (Wildman–Crippen LogP) is 2.60. The smallest absolute Gasteiger partial charge is 0.273 e. The first kappa shape index (κ1) is 14.0. The van der Waals surface area contributed by atoms with Gasteiger partial charge >= 0.3 is 0 Å². The summed E-state index contributed by atoms with van der Waals surface area (Å²) >= 11 is 0. The molecular weight excluding hydrogens is 244 g/mol. The first-order valence-electron chi connectivity index (χ1n) is 6.77. The molecule has 2 rings (SSSR count). The minimum atomic E-state index is -0.306. The number of hydrogen-bond acceptors (Lipinski definition) is 4. The number of nitro benzene ring substituents is 1. The third-order valence-corrected chi connectivity index (χ3v) is 3.45. The third-order valence-electron chi connectivity index (χ3n) is 3.45. The highest BCUT2D eigenvalue weighted by Gasteiger charge is 2.22. The zero-order valence-corrected chi connectivity index (χ0v) is 11.2. The van der Waals surface area contributed by atoms with Crippen LogP contribution in [0.25, 0.3) is 0 Å². The summed E-state index contributed by atoms with van der Waals surface area (Å²) in [6.07, 6.45) is 2.44. The van der Waals surface area contributed by atoms with Crippen molar-refractivity contribution in [2.45, 2.75) is 32.4 Å². The molecule has 0 amide bonds. The number of likely N-dealkylation sites (tertiary alicyclic amines) is 1. The summed E-state index contributed by atoms with van der Waals surface area (Å²) in [5.41, 5.74) is 0.991. The molecule has 0 N–H and O–H groups in total. The number of benzene rings is 1. The molecule has 0 aliphatic carbocycles. The third kappa shape index (κ3) is 3.75. The summed E-state index contributed by atoms with van der Waals surface area (Å²) < 4.78 is 5.65. The Morgan fingerprint density at radius 3 is 3.00 bits per heavy atom. The molecule has 19 heavy (non-hydrogen) atoms. The van der Waals surface area contributed by atoms with Crippen LogP contribution in [-0.2, 0) is 11.3 Å². The lowest BCUT2D eigenvalue weighted by Crippen LogP contribution is -2.39. The van der Waals surface area contributed by atoms with Gasteiger partial charge in [-0.05, 0) is 26.3 Å². The molecule has 0 unspecified atom stereocenters. The lowest BCUT2D eigenvalue weighted by Gasteiger charge is -2.32. The van der Waals surface area contributed by atoms with Crippen molar-refractivity contribution >= 4 is 5.69 Å². The molecule has 0 bridgehead atoms. The Balaban J connectivity index is 2.02. The van der Waals surface area contributed by atoms with Crippen molar-refractivity contribution in [2.75, 3.05) is 19.7 Å². The largest absolute Gasteiger partial charge is 0.377 e. The maximum Gasteiger partial charge on any atom is 0.273 e. The molecule has 1 heterocycles. The Kier molecular flexibility index (Phi) is 4.87. The standard InChI is InChI=1S/C14H20N2O3/c1-2-19-13-7-5-9-15(11-13)10-12-6-3-4-8-14(12)16(17)18/h3-4,6,8,13H,2,5,7,9-11H2,1H3/t13-/m0/s1. The molecule has 1 aromatic rings. The van der Waals surface area contributed by atoms with E-state index in [-0.39, 0.29) is 16.7 Å². The normalized spacial score (nSPS) is 20.4. The van der Waals surface area contributed by atoms with Gasteiger partial charge in [0.1, 0.15) is 0 Å². The van der Waals surface area contributed by atoms with Gasteiger partial charge in [0, 0.05) is 31.3 Å². The van der Waals surface area contributed by atoms with Crippen molar-refractivity contribution in [2.24, 2.45) is 0 Å². The van der Waals surface area contributed by atoms with Crippen LogP contribution < -0.4 is 0 Å². The molecule has 1 atom stereocenters. The van der Waals surface area contributed by atoms with E-state index in [1.165, 1.54) is 0 Å². The summed E-state index contributed by atoms with van der Waals surface area (Å²) in [6.45, 7) is 5.20. The van der Waals surface area contributed by atoms with Crippen LogP contribution in [0.5, 0.6) is 0 Å². The highest BCUT2D eigenvalue weighted by Crippen LogP contribution is 2.22. The van der Waals surface area contributed by atoms with Crippen molar-refractivity contribution in [3.8, 4) is 0 Å². The number of para-hydroxylation sites is 1. The summed E-state index contributed by atoms with van der Waals surface area (Å²) in [4.78, 5) is 12.9. The van der Waals surface area contributed by atoms with E-state index in [9.17, 15) is 10.1 Å². The Bertz CT molecular complexity index is 434. The van der Waals surface area contributed by atoms with Crippen LogP contribution in [0.4, 0.5) is 5.69 Å². The van der Waals surface area contributed by atoms with Gasteiger partial charge in [0.15, 0.2) is 0 Å². The fourth-order valence-electron chi connectivity index (χ4n) is 2.59. The molecule has 1 fully saturated rings. The predicted molar refractivity (Wildman–Crippen MR) is 73.0 cm³/mol. The number of piperidine rings is 1. The number of ether oxygens (including phenoxy) is 1. The van der Waals surface area contributed by atoms with Gasteiger partial charge in [-0.25, -0.2) is 0 Å². The molecule has 1 saturated heterocycles. The molecule has 0 radical (unpaired) electrons. The van der Waals surface area contributed by atoms with Gasteiger partial charge in [-0.3, -0.25) is 15.0 Å². The quantitative estimate of drug-likeness (QED) is 0.606. The average Bonchev–Trinajstić information content (AvgIpc) is 2.40. The van der Waals surface area contributed by atoms with Gasteiger partial charge in [-0.2, -0.15) is 0 Å².